The Kier molecular flexibility index (Phi) is 6.67. The Balaban J connectivity index is 2.95. The number of hydrogen-bond donors (Lipinski definition) is 7. The van der Waals surface area contributed by atoms with Crippen LogP contribution in [0, 0.1) is 4.91 Å². The molecule has 0 saturated carbocycles. The predicted molar refractivity (Wildman–Crippen MR) is 68.9 cm³/mol. The van der Waals surface area contributed by atoms with Crippen LogP contribution in [0.25, 0.3) is 0 Å². The number of nitrogens with one attached hydrogen (secondary N) is 3. The smallest absolute Gasteiger partial charge is 0.341 e. The van der Waals surface area contributed by atoms with E-state index in [1.54, 1.807) is 0 Å². The number of nitrogens with zero attached hydrogens (tertiary/aromatic N) is 1. The fraction of sp³-hybridized carbons (Fsp3) is 0.889. The van der Waals surface area contributed by atoms with Crippen molar-refractivity contribution < 1.29 is 30.0 Å². The molecule has 0 aromatic carbocycles. The zero-order chi connectivity index (χ0) is 16.0. The van der Waals surface area contributed by atoms with Crippen LogP contribution in [0.15, 0.2) is 5.29 Å². The quantitative estimate of drug-likeness (QED) is 0.116. The van der Waals surface area contributed by atoms with Gasteiger partial charge < -0.3 is 30.5 Å². The zero-order valence-electron chi connectivity index (χ0n) is 10.8. The standard InChI is InChI=1S/C9H17ClN4O7/c10-1-2-11-7-6(17)5(16)4(3-15)21-9(7,19)12-8(18)13-14-20/h4-7,11,15-17,19H,1-3H2,(H2,12,13,18,20)/t4-,5-,6+,7-,9?/m1/s1. The molecule has 12 heteroatoms. The van der Waals surface area contributed by atoms with Gasteiger partial charge in [0.25, 0.3) is 5.91 Å². The number of amides is 2. The molecule has 1 aliphatic heterocycles. The van der Waals surface area contributed by atoms with Gasteiger partial charge in [-0.05, 0) is 0 Å². The molecule has 1 aliphatic rings. The Bertz CT molecular complexity index is 376. The number of aliphatic hydroxyl groups excluding tert-OH is 3. The van der Waals surface area contributed by atoms with Gasteiger partial charge in [-0.1, -0.05) is 0 Å². The maximum atomic E-state index is 11.3. The second kappa shape index (κ2) is 7.79. The number of rotatable bonds is 6. The van der Waals surface area contributed by atoms with E-state index in [1.807, 2.05) is 5.32 Å². The Hall–Kier alpha value is -1.08. The lowest BCUT2D eigenvalue weighted by atomic mass is 9.94. The van der Waals surface area contributed by atoms with Crippen molar-refractivity contribution in [1.82, 2.24) is 16.1 Å². The summed E-state index contributed by atoms with van der Waals surface area (Å²) in [6.07, 6.45) is -4.46. The third-order valence-electron chi connectivity index (χ3n) is 2.90. The van der Waals surface area contributed by atoms with Crippen molar-refractivity contribution >= 4 is 17.6 Å². The van der Waals surface area contributed by atoms with Gasteiger partial charge in [0.2, 0.25) is 0 Å². The molecule has 21 heavy (non-hydrogen) atoms. The first-order valence-corrected chi connectivity index (χ1v) is 6.50. The fourth-order valence-corrected chi connectivity index (χ4v) is 2.09. The van der Waals surface area contributed by atoms with Crippen molar-refractivity contribution in [2.75, 3.05) is 19.0 Å². The van der Waals surface area contributed by atoms with E-state index in [2.05, 4.69) is 10.6 Å². The van der Waals surface area contributed by atoms with Gasteiger partial charge in [0.1, 0.15) is 24.4 Å². The molecular weight excluding hydrogens is 312 g/mol. The zero-order valence-corrected chi connectivity index (χ0v) is 11.5. The lowest BCUT2D eigenvalue weighted by Gasteiger charge is -2.47. The van der Waals surface area contributed by atoms with Gasteiger partial charge in [-0.25, -0.2) is 4.79 Å². The van der Waals surface area contributed by atoms with E-state index in [-0.39, 0.29) is 12.4 Å². The maximum absolute atomic E-state index is 11.3. The minimum Gasteiger partial charge on any atom is -0.394 e. The molecule has 11 nitrogen and oxygen atoms in total. The number of aliphatic hydroxyl groups is 4. The molecule has 0 spiro atoms. The number of halogens is 1. The van der Waals surface area contributed by atoms with E-state index in [0.717, 1.165) is 0 Å². The molecule has 0 aromatic heterocycles. The van der Waals surface area contributed by atoms with E-state index in [9.17, 15) is 25.0 Å². The molecule has 0 radical (unpaired) electrons. The molecule has 0 aromatic rings. The van der Waals surface area contributed by atoms with Crippen LogP contribution >= 0.6 is 11.6 Å². The number of carbonyl (C=O) groups is 1. The molecule has 1 saturated heterocycles. The van der Waals surface area contributed by atoms with Crippen LogP contribution in [-0.4, -0.2) is 75.8 Å². The van der Waals surface area contributed by atoms with Crippen molar-refractivity contribution in [3.05, 3.63) is 4.91 Å². The van der Waals surface area contributed by atoms with E-state index in [0.29, 0.717) is 0 Å². The second-order valence-corrected chi connectivity index (χ2v) is 4.67. The van der Waals surface area contributed by atoms with E-state index in [4.69, 9.17) is 21.4 Å². The summed E-state index contributed by atoms with van der Waals surface area (Å²) in [4.78, 5) is 21.2. The van der Waals surface area contributed by atoms with Crippen LogP contribution in [0.1, 0.15) is 0 Å². The van der Waals surface area contributed by atoms with Crippen molar-refractivity contribution in [2.45, 2.75) is 30.3 Å². The number of urea groups is 1. The van der Waals surface area contributed by atoms with Gasteiger partial charge >= 0.3 is 6.03 Å². The number of hydrogen-bond acceptors (Lipinski definition) is 9. The van der Waals surface area contributed by atoms with Crippen LogP contribution in [-0.2, 0) is 4.74 Å². The normalized spacial score (nSPS) is 36.0. The van der Waals surface area contributed by atoms with Gasteiger partial charge in [-0.2, -0.15) is 5.43 Å². The highest BCUT2D eigenvalue weighted by Crippen LogP contribution is 2.26. The highest BCUT2D eigenvalue weighted by atomic mass is 35.5. The SMILES string of the molecule is O=NNC(=O)NC1(O)O[C@H](CO)[C@@H](O)[C@H](O)[C@H]1NCCCl. The Labute approximate surface area is 124 Å². The third-order valence-corrected chi connectivity index (χ3v) is 3.09. The minimum atomic E-state index is -2.51. The van der Waals surface area contributed by atoms with Gasteiger partial charge in [-0.15, -0.1) is 16.5 Å². The highest BCUT2D eigenvalue weighted by molar-refractivity contribution is 6.18. The van der Waals surface area contributed by atoms with Crippen molar-refractivity contribution in [2.24, 2.45) is 5.29 Å². The lowest BCUT2D eigenvalue weighted by molar-refractivity contribution is -0.327. The summed E-state index contributed by atoms with van der Waals surface area (Å²) in [5.74, 6) is -2.40. The molecule has 122 valence electrons. The van der Waals surface area contributed by atoms with Gasteiger partial charge in [0.15, 0.2) is 0 Å². The van der Waals surface area contributed by atoms with Gasteiger partial charge in [0, 0.05) is 12.4 Å². The van der Waals surface area contributed by atoms with E-state index >= 15 is 0 Å². The Morgan fingerprint density at radius 2 is 2.05 bits per heavy atom. The molecule has 2 amide bonds. The second-order valence-electron chi connectivity index (χ2n) is 4.29. The largest absolute Gasteiger partial charge is 0.394 e. The first-order chi connectivity index (χ1) is 9.89. The number of carbonyl (C=O) groups excluding carboxylic acids is 1. The molecule has 1 fully saturated rings. The van der Waals surface area contributed by atoms with E-state index in [1.165, 1.54) is 5.43 Å². The first-order valence-electron chi connectivity index (χ1n) is 5.96. The summed E-state index contributed by atoms with van der Waals surface area (Å²) < 4.78 is 5.01. The van der Waals surface area contributed by atoms with Crippen LogP contribution in [0.4, 0.5) is 4.79 Å². The topological polar surface area (TPSA) is 173 Å². The average molecular weight is 329 g/mol. The lowest BCUT2D eigenvalue weighted by Crippen LogP contribution is -2.75. The third kappa shape index (κ3) is 4.20. The van der Waals surface area contributed by atoms with Gasteiger partial charge in [-0.3, -0.25) is 5.32 Å². The van der Waals surface area contributed by atoms with Crippen molar-refractivity contribution in [3.8, 4) is 0 Å². The molecule has 1 rings (SSSR count). The van der Waals surface area contributed by atoms with Crippen molar-refractivity contribution in [3.63, 3.8) is 0 Å². The highest BCUT2D eigenvalue weighted by Gasteiger charge is 2.54. The summed E-state index contributed by atoms with van der Waals surface area (Å²) in [6.45, 7) is -0.612. The first kappa shape index (κ1) is 18.0. The monoisotopic (exact) mass is 328 g/mol. The molecule has 1 unspecified atom stereocenters. The fourth-order valence-electron chi connectivity index (χ4n) is 1.98. The molecule has 5 atom stereocenters. The number of ether oxygens (including phenoxy) is 1. The number of nitroso groups, excluding NO2 is 1. The molecule has 7 N–H and O–H groups in total. The summed E-state index contributed by atoms with van der Waals surface area (Å²) in [5, 5.41) is 45.7. The van der Waals surface area contributed by atoms with Crippen LogP contribution in [0.3, 0.4) is 0 Å². The van der Waals surface area contributed by atoms with Crippen LogP contribution in [0.5, 0.6) is 0 Å². The predicted octanol–water partition coefficient (Wildman–Crippen LogP) is -3.08. The van der Waals surface area contributed by atoms with Crippen LogP contribution in [0.2, 0.25) is 0 Å². The van der Waals surface area contributed by atoms with E-state index < -0.39 is 42.9 Å². The van der Waals surface area contributed by atoms with Gasteiger partial charge in [0.05, 0.1) is 11.9 Å². The summed E-state index contributed by atoms with van der Waals surface area (Å²) in [5.41, 5.74) is 1.47. The maximum Gasteiger partial charge on any atom is 0.341 e. The molecular formula is C9H17ClN4O7. The minimum absolute atomic E-state index is 0.112. The summed E-state index contributed by atoms with van der Waals surface area (Å²) >= 11 is 5.48. The summed E-state index contributed by atoms with van der Waals surface area (Å²) in [7, 11) is 0. The number of alkyl halides is 1. The Morgan fingerprint density at radius 1 is 1.38 bits per heavy atom. The molecule has 0 bridgehead atoms. The Morgan fingerprint density at radius 3 is 2.57 bits per heavy atom. The van der Waals surface area contributed by atoms with Crippen molar-refractivity contribution in [1.29, 1.82) is 0 Å². The molecule has 0 aliphatic carbocycles. The average Bonchev–Trinajstić information content (AvgIpc) is 2.43. The summed E-state index contributed by atoms with van der Waals surface area (Å²) in [6, 6.07) is -2.57. The van der Waals surface area contributed by atoms with Crippen LogP contribution < -0.4 is 16.1 Å². The molecule has 1 heterocycles.